The van der Waals surface area contributed by atoms with E-state index in [1.54, 1.807) is 10.7 Å². The molecule has 0 atom stereocenters. The van der Waals surface area contributed by atoms with Gasteiger partial charge in [-0.2, -0.15) is 5.10 Å². The Balaban J connectivity index is 2.11. The Morgan fingerprint density at radius 1 is 1.45 bits per heavy atom. The van der Waals surface area contributed by atoms with Crippen molar-refractivity contribution in [3.8, 4) is 0 Å². The Labute approximate surface area is 118 Å². The van der Waals surface area contributed by atoms with Crippen LogP contribution >= 0.6 is 0 Å². The Morgan fingerprint density at radius 2 is 2.20 bits per heavy atom. The number of nitrogens with one attached hydrogen (secondary N) is 1. The molecular weight excluding hydrogens is 256 g/mol. The van der Waals surface area contributed by atoms with Gasteiger partial charge in [0.1, 0.15) is 5.56 Å². The minimum absolute atomic E-state index is 0.163. The van der Waals surface area contributed by atoms with Crippen molar-refractivity contribution in [3.05, 3.63) is 29.2 Å². The summed E-state index contributed by atoms with van der Waals surface area (Å²) in [6, 6.07) is 1.93. The van der Waals surface area contributed by atoms with E-state index in [0.29, 0.717) is 24.4 Å². The number of aryl methyl sites for hydroxylation is 2. The minimum Gasteiger partial charge on any atom is -0.377 e. The molecule has 0 saturated carbocycles. The molecule has 1 amide bonds. The van der Waals surface area contributed by atoms with Gasteiger partial charge in [-0.15, -0.1) is 0 Å². The fraction of sp³-hybridized carbons (Fsp3) is 0.500. The van der Waals surface area contributed by atoms with Crippen LogP contribution in [0.25, 0.3) is 5.65 Å². The van der Waals surface area contributed by atoms with E-state index in [4.69, 9.17) is 4.74 Å². The average Bonchev–Trinajstić information content (AvgIpc) is 2.78. The molecule has 0 aliphatic rings. The van der Waals surface area contributed by atoms with Gasteiger partial charge in [0.15, 0.2) is 5.65 Å². The van der Waals surface area contributed by atoms with Crippen LogP contribution in [-0.4, -0.2) is 39.8 Å². The third-order valence-corrected chi connectivity index (χ3v) is 2.86. The van der Waals surface area contributed by atoms with E-state index in [0.717, 1.165) is 11.4 Å². The molecule has 2 aromatic heterocycles. The van der Waals surface area contributed by atoms with Gasteiger partial charge in [0.05, 0.1) is 18.9 Å². The summed E-state index contributed by atoms with van der Waals surface area (Å²) in [4.78, 5) is 16.5. The second-order valence-electron chi connectivity index (χ2n) is 5.01. The summed E-state index contributed by atoms with van der Waals surface area (Å²) in [5, 5.41) is 7.01. The van der Waals surface area contributed by atoms with Crippen LogP contribution in [0.1, 0.15) is 35.6 Å². The van der Waals surface area contributed by atoms with E-state index in [2.05, 4.69) is 15.4 Å². The molecule has 0 spiro atoms. The largest absolute Gasteiger partial charge is 0.377 e. The number of hydrogen-bond donors (Lipinski definition) is 1. The molecule has 0 aliphatic carbocycles. The van der Waals surface area contributed by atoms with E-state index < -0.39 is 0 Å². The molecule has 0 bridgehead atoms. The first-order chi connectivity index (χ1) is 9.49. The van der Waals surface area contributed by atoms with Gasteiger partial charge < -0.3 is 10.1 Å². The predicted octanol–water partition coefficient (Wildman–Crippen LogP) is 1.50. The SMILES string of the molecule is Cc1cc(C)n2ncc(C(=O)NCCOC(C)C)c2n1. The maximum atomic E-state index is 12.1. The van der Waals surface area contributed by atoms with E-state index in [9.17, 15) is 4.79 Å². The molecule has 0 aromatic carbocycles. The maximum Gasteiger partial charge on any atom is 0.256 e. The highest BCUT2D eigenvalue weighted by atomic mass is 16.5. The third-order valence-electron chi connectivity index (χ3n) is 2.86. The second-order valence-corrected chi connectivity index (χ2v) is 5.01. The third kappa shape index (κ3) is 3.14. The van der Waals surface area contributed by atoms with Crippen molar-refractivity contribution in [1.82, 2.24) is 19.9 Å². The lowest BCUT2D eigenvalue weighted by atomic mass is 10.3. The molecule has 2 rings (SSSR count). The van der Waals surface area contributed by atoms with Gasteiger partial charge >= 0.3 is 0 Å². The summed E-state index contributed by atoms with van der Waals surface area (Å²) in [7, 11) is 0. The highest BCUT2D eigenvalue weighted by Crippen LogP contribution is 2.11. The van der Waals surface area contributed by atoms with Crippen LogP contribution in [0.2, 0.25) is 0 Å². The topological polar surface area (TPSA) is 68.5 Å². The first-order valence-electron chi connectivity index (χ1n) is 6.71. The van der Waals surface area contributed by atoms with Gasteiger partial charge in [0.2, 0.25) is 0 Å². The number of carbonyl (C=O) groups is 1. The molecule has 1 N–H and O–H groups in total. The van der Waals surface area contributed by atoms with Crippen molar-refractivity contribution < 1.29 is 9.53 Å². The molecule has 20 heavy (non-hydrogen) atoms. The zero-order valence-corrected chi connectivity index (χ0v) is 12.3. The van der Waals surface area contributed by atoms with Crippen LogP contribution in [0.4, 0.5) is 0 Å². The average molecular weight is 276 g/mol. The van der Waals surface area contributed by atoms with Crippen molar-refractivity contribution in [1.29, 1.82) is 0 Å². The monoisotopic (exact) mass is 276 g/mol. The first-order valence-corrected chi connectivity index (χ1v) is 6.71. The number of ether oxygens (including phenoxy) is 1. The van der Waals surface area contributed by atoms with E-state index in [-0.39, 0.29) is 12.0 Å². The fourth-order valence-electron chi connectivity index (χ4n) is 1.99. The molecule has 2 aromatic rings. The van der Waals surface area contributed by atoms with E-state index >= 15 is 0 Å². The number of carbonyl (C=O) groups excluding carboxylic acids is 1. The zero-order chi connectivity index (χ0) is 14.7. The fourth-order valence-corrected chi connectivity index (χ4v) is 1.99. The van der Waals surface area contributed by atoms with Crippen molar-refractivity contribution in [2.24, 2.45) is 0 Å². The molecule has 0 aliphatic heterocycles. The molecule has 108 valence electrons. The first kappa shape index (κ1) is 14.5. The summed E-state index contributed by atoms with van der Waals surface area (Å²) in [6.45, 7) is 8.73. The molecule has 0 unspecified atom stereocenters. The summed E-state index contributed by atoms with van der Waals surface area (Å²) in [6.07, 6.45) is 1.71. The van der Waals surface area contributed by atoms with Crippen LogP contribution < -0.4 is 5.32 Å². The summed E-state index contributed by atoms with van der Waals surface area (Å²) in [5.41, 5.74) is 2.90. The number of amides is 1. The van der Waals surface area contributed by atoms with Gasteiger partial charge in [0.25, 0.3) is 5.91 Å². The van der Waals surface area contributed by atoms with Crippen LogP contribution in [0.5, 0.6) is 0 Å². The number of nitrogens with zero attached hydrogens (tertiary/aromatic N) is 3. The Kier molecular flexibility index (Phi) is 4.34. The Morgan fingerprint density at radius 3 is 2.90 bits per heavy atom. The van der Waals surface area contributed by atoms with Crippen molar-refractivity contribution in [2.45, 2.75) is 33.8 Å². The highest BCUT2D eigenvalue weighted by molar-refractivity contribution is 5.99. The number of fused-ring (bicyclic) bond motifs is 1. The molecule has 6 nitrogen and oxygen atoms in total. The highest BCUT2D eigenvalue weighted by Gasteiger charge is 2.14. The Hall–Kier alpha value is -1.95. The number of aromatic nitrogens is 3. The lowest BCUT2D eigenvalue weighted by molar-refractivity contribution is 0.0747. The molecule has 6 heteroatoms. The predicted molar refractivity (Wildman–Crippen MR) is 75.9 cm³/mol. The van der Waals surface area contributed by atoms with Crippen LogP contribution in [0, 0.1) is 13.8 Å². The lowest BCUT2D eigenvalue weighted by Crippen LogP contribution is -2.28. The number of rotatable bonds is 5. The molecular formula is C14H20N4O2. The van der Waals surface area contributed by atoms with E-state index in [1.807, 2.05) is 33.8 Å². The molecule has 2 heterocycles. The van der Waals surface area contributed by atoms with Gasteiger partial charge in [-0.1, -0.05) is 0 Å². The van der Waals surface area contributed by atoms with Crippen molar-refractivity contribution in [2.75, 3.05) is 13.2 Å². The quantitative estimate of drug-likeness (QED) is 0.840. The summed E-state index contributed by atoms with van der Waals surface area (Å²) in [5.74, 6) is -0.176. The lowest BCUT2D eigenvalue weighted by Gasteiger charge is -2.08. The van der Waals surface area contributed by atoms with Crippen molar-refractivity contribution >= 4 is 11.6 Å². The molecule has 0 radical (unpaired) electrons. The van der Waals surface area contributed by atoms with Crippen molar-refractivity contribution in [3.63, 3.8) is 0 Å². The maximum absolute atomic E-state index is 12.1. The zero-order valence-electron chi connectivity index (χ0n) is 12.3. The van der Waals surface area contributed by atoms with E-state index in [1.165, 1.54) is 0 Å². The Bertz CT molecular complexity index is 619. The normalized spacial score (nSPS) is 11.2. The smallest absolute Gasteiger partial charge is 0.256 e. The van der Waals surface area contributed by atoms with Crippen LogP contribution in [-0.2, 0) is 4.74 Å². The van der Waals surface area contributed by atoms with Gasteiger partial charge in [-0.05, 0) is 33.8 Å². The van der Waals surface area contributed by atoms with Gasteiger partial charge in [-0.25, -0.2) is 9.50 Å². The van der Waals surface area contributed by atoms with Gasteiger partial charge in [0, 0.05) is 17.9 Å². The second kappa shape index (κ2) is 6.00. The molecule has 0 fully saturated rings. The minimum atomic E-state index is -0.176. The van der Waals surface area contributed by atoms with Gasteiger partial charge in [-0.3, -0.25) is 4.79 Å². The summed E-state index contributed by atoms with van der Waals surface area (Å²) < 4.78 is 7.06. The summed E-state index contributed by atoms with van der Waals surface area (Å²) >= 11 is 0. The molecule has 0 saturated heterocycles. The number of hydrogen-bond acceptors (Lipinski definition) is 4. The standard InChI is InChI=1S/C14H20N4O2/c1-9(2)20-6-5-15-14(19)12-8-16-18-11(4)7-10(3)17-13(12)18/h7-9H,5-6H2,1-4H3,(H,15,19). The van der Waals surface area contributed by atoms with Crippen LogP contribution in [0.3, 0.4) is 0 Å². The van der Waals surface area contributed by atoms with Crippen LogP contribution in [0.15, 0.2) is 12.3 Å².